The molecular formula is C23H37N3O3. The lowest BCUT2D eigenvalue weighted by Crippen LogP contribution is -2.38. The Labute approximate surface area is 175 Å². The Kier molecular flexibility index (Phi) is 8.08. The van der Waals surface area contributed by atoms with Gasteiger partial charge in [-0.05, 0) is 42.0 Å². The molecule has 1 fully saturated rings. The lowest BCUT2D eigenvalue weighted by Gasteiger charge is -2.30. The summed E-state index contributed by atoms with van der Waals surface area (Å²) in [5, 5.41) is 2.93. The second-order valence-corrected chi connectivity index (χ2v) is 9.29. The minimum Gasteiger partial charge on any atom is -0.377 e. The van der Waals surface area contributed by atoms with Crippen LogP contribution in [0.15, 0.2) is 18.2 Å². The van der Waals surface area contributed by atoms with Gasteiger partial charge in [-0.1, -0.05) is 27.7 Å². The second kappa shape index (κ2) is 10.1. The molecule has 6 nitrogen and oxygen atoms in total. The quantitative estimate of drug-likeness (QED) is 0.711. The summed E-state index contributed by atoms with van der Waals surface area (Å²) in [5.74, 6) is 0.120. The molecule has 0 aliphatic carbocycles. The standard InChI is InChI=1S/C23H37N3O3/c1-7-21(27)24-18-10-11-20(25(5)6)17(13-18)15-26(16-19-9-8-12-29-19)22(28)14-23(2,3)4/h10-11,13,19H,7-9,12,14-16H2,1-6H3,(H,24,27)/t19-/m0/s1. The van der Waals surface area contributed by atoms with Gasteiger partial charge >= 0.3 is 0 Å². The van der Waals surface area contributed by atoms with Crippen LogP contribution in [0.1, 0.15) is 58.9 Å². The summed E-state index contributed by atoms with van der Waals surface area (Å²) in [6.45, 7) is 9.96. The predicted molar refractivity (Wildman–Crippen MR) is 118 cm³/mol. The summed E-state index contributed by atoms with van der Waals surface area (Å²) < 4.78 is 5.81. The first kappa shape index (κ1) is 23.2. The number of nitrogens with zero attached hydrogens (tertiary/aromatic N) is 2. The third-order valence-electron chi connectivity index (χ3n) is 5.01. The van der Waals surface area contributed by atoms with Crippen LogP contribution in [-0.4, -0.2) is 50.1 Å². The van der Waals surface area contributed by atoms with Gasteiger partial charge in [-0.15, -0.1) is 0 Å². The Morgan fingerprint density at radius 1 is 1.24 bits per heavy atom. The van der Waals surface area contributed by atoms with Gasteiger partial charge in [0.2, 0.25) is 11.8 Å². The Balaban J connectivity index is 2.29. The first-order chi connectivity index (χ1) is 13.6. The Morgan fingerprint density at radius 3 is 2.52 bits per heavy atom. The second-order valence-electron chi connectivity index (χ2n) is 9.29. The van der Waals surface area contributed by atoms with Crippen LogP contribution in [0.5, 0.6) is 0 Å². The van der Waals surface area contributed by atoms with Gasteiger partial charge in [0.05, 0.1) is 6.10 Å². The lowest BCUT2D eigenvalue weighted by atomic mass is 9.91. The Morgan fingerprint density at radius 2 is 1.97 bits per heavy atom. The van der Waals surface area contributed by atoms with Gasteiger partial charge in [-0.2, -0.15) is 0 Å². The summed E-state index contributed by atoms with van der Waals surface area (Å²) in [7, 11) is 3.98. The number of hydrogen-bond donors (Lipinski definition) is 1. The molecule has 1 heterocycles. The number of carbonyl (C=O) groups is 2. The summed E-state index contributed by atoms with van der Waals surface area (Å²) in [6.07, 6.45) is 3.06. The van der Waals surface area contributed by atoms with Crippen molar-refractivity contribution in [1.29, 1.82) is 0 Å². The fourth-order valence-electron chi connectivity index (χ4n) is 3.54. The number of ether oxygens (including phenoxy) is 1. The van der Waals surface area contributed by atoms with Crippen LogP contribution in [0, 0.1) is 5.41 Å². The highest BCUT2D eigenvalue weighted by molar-refractivity contribution is 5.91. The number of nitrogens with one attached hydrogen (secondary N) is 1. The minimum atomic E-state index is -0.0762. The van der Waals surface area contributed by atoms with E-state index >= 15 is 0 Å². The van der Waals surface area contributed by atoms with E-state index in [-0.39, 0.29) is 23.3 Å². The van der Waals surface area contributed by atoms with Crippen molar-refractivity contribution in [2.24, 2.45) is 5.41 Å². The van der Waals surface area contributed by atoms with Crippen LogP contribution in [0.3, 0.4) is 0 Å². The van der Waals surface area contributed by atoms with E-state index in [1.54, 1.807) is 0 Å². The molecular weight excluding hydrogens is 366 g/mol. The van der Waals surface area contributed by atoms with E-state index in [0.717, 1.165) is 36.4 Å². The van der Waals surface area contributed by atoms with E-state index in [9.17, 15) is 9.59 Å². The van der Waals surface area contributed by atoms with Crippen LogP contribution < -0.4 is 10.2 Å². The van der Waals surface area contributed by atoms with Crippen molar-refractivity contribution in [3.8, 4) is 0 Å². The molecule has 0 radical (unpaired) electrons. The molecule has 0 bridgehead atoms. The number of hydrogen-bond acceptors (Lipinski definition) is 4. The van der Waals surface area contributed by atoms with Gasteiger partial charge in [0.15, 0.2) is 0 Å². The topological polar surface area (TPSA) is 61.9 Å². The van der Waals surface area contributed by atoms with Gasteiger partial charge in [-0.3, -0.25) is 9.59 Å². The molecule has 0 spiro atoms. The number of anilines is 2. The van der Waals surface area contributed by atoms with E-state index in [0.29, 0.717) is 25.9 Å². The summed E-state index contributed by atoms with van der Waals surface area (Å²) in [4.78, 5) is 28.9. The number of rotatable bonds is 8. The van der Waals surface area contributed by atoms with Crippen molar-refractivity contribution >= 4 is 23.2 Å². The van der Waals surface area contributed by atoms with E-state index in [1.807, 2.05) is 49.0 Å². The van der Waals surface area contributed by atoms with Crippen LogP contribution in [0.25, 0.3) is 0 Å². The van der Waals surface area contributed by atoms with Crippen molar-refractivity contribution in [2.45, 2.75) is 66.0 Å². The van der Waals surface area contributed by atoms with Gasteiger partial charge in [0.25, 0.3) is 0 Å². The van der Waals surface area contributed by atoms with Crippen molar-refractivity contribution in [3.63, 3.8) is 0 Å². The molecule has 29 heavy (non-hydrogen) atoms. The molecule has 162 valence electrons. The largest absolute Gasteiger partial charge is 0.377 e. The van der Waals surface area contributed by atoms with Crippen LogP contribution in [-0.2, 0) is 20.9 Å². The van der Waals surface area contributed by atoms with Crippen LogP contribution in [0.4, 0.5) is 11.4 Å². The van der Waals surface area contributed by atoms with E-state index in [2.05, 4.69) is 26.1 Å². The molecule has 0 unspecified atom stereocenters. The first-order valence-corrected chi connectivity index (χ1v) is 10.6. The van der Waals surface area contributed by atoms with Crippen molar-refractivity contribution in [3.05, 3.63) is 23.8 Å². The highest BCUT2D eigenvalue weighted by atomic mass is 16.5. The summed E-state index contributed by atoms with van der Waals surface area (Å²) >= 11 is 0. The molecule has 1 aliphatic rings. The molecule has 2 amide bonds. The van der Waals surface area contributed by atoms with Crippen molar-refractivity contribution in [1.82, 2.24) is 4.90 Å². The van der Waals surface area contributed by atoms with Gasteiger partial charge in [0.1, 0.15) is 0 Å². The molecule has 0 aromatic heterocycles. The van der Waals surface area contributed by atoms with Crippen molar-refractivity contribution < 1.29 is 14.3 Å². The number of benzene rings is 1. The minimum absolute atomic E-state index is 0.0198. The van der Waals surface area contributed by atoms with Crippen LogP contribution in [0.2, 0.25) is 0 Å². The smallest absolute Gasteiger partial charge is 0.224 e. The molecule has 1 aliphatic heterocycles. The monoisotopic (exact) mass is 403 g/mol. The average molecular weight is 404 g/mol. The van der Waals surface area contributed by atoms with Crippen molar-refractivity contribution in [2.75, 3.05) is 37.5 Å². The van der Waals surface area contributed by atoms with E-state index in [4.69, 9.17) is 4.74 Å². The molecule has 1 atom stereocenters. The molecule has 0 saturated carbocycles. The summed E-state index contributed by atoms with van der Waals surface area (Å²) in [5.41, 5.74) is 2.75. The maximum atomic E-state index is 13.1. The SMILES string of the molecule is CCC(=O)Nc1ccc(N(C)C)c(CN(C[C@@H]2CCCO2)C(=O)CC(C)(C)C)c1. The number of amides is 2. The predicted octanol–water partition coefficient (Wildman–Crippen LogP) is 4.04. The molecule has 6 heteroatoms. The Bertz CT molecular complexity index is 704. The third kappa shape index (κ3) is 7.35. The zero-order chi connectivity index (χ0) is 21.6. The van der Waals surface area contributed by atoms with Gasteiger partial charge in [0, 0.05) is 58.0 Å². The van der Waals surface area contributed by atoms with Crippen LogP contribution >= 0.6 is 0 Å². The fraction of sp³-hybridized carbons (Fsp3) is 0.652. The highest BCUT2D eigenvalue weighted by Gasteiger charge is 2.26. The summed E-state index contributed by atoms with van der Waals surface area (Å²) in [6, 6.07) is 5.89. The molecule has 1 saturated heterocycles. The van der Waals surface area contributed by atoms with E-state index < -0.39 is 0 Å². The normalized spacial score (nSPS) is 16.6. The molecule has 1 aromatic carbocycles. The number of carbonyl (C=O) groups excluding carboxylic acids is 2. The average Bonchev–Trinajstić information content (AvgIpc) is 3.12. The fourth-order valence-corrected chi connectivity index (χ4v) is 3.54. The first-order valence-electron chi connectivity index (χ1n) is 10.6. The maximum Gasteiger partial charge on any atom is 0.224 e. The highest BCUT2D eigenvalue weighted by Crippen LogP contribution is 2.27. The van der Waals surface area contributed by atoms with E-state index in [1.165, 1.54) is 0 Å². The lowest BCUT2D eigenvalue weighted by molar-refractivity contribution is -0.135. The maximum absolute atomic E-state index is 13.1. The zero-order valence-corrected chi connectivity index (χ0v) is 18.9. The Hall–Kier alpha value is -2.08. The van der Waals surface area contributed by atoms with Gasteiger partial charge in [-0.25, -0.2) is 0 Å². The third-order valence-corrected chi connectivity index (χ3v) is 5.01. The zero-order valence-electron chi connectivity index (χ0n) is 18.9. The van der Waals surface area contributed by atoms with Gasteiger partial charge < -0.3 is 19.9 Å². The molecule has 1 N–H and O–H groups in total. The molecule has 2 rings (SSSR count). The molecule has 1 aromatic rings.